The first-order valence-corrected chi connectivity index (χ1v) is 5.50. The van der Waals surface area contributed by atoms with Gasteiger partial charge in [-0.15, -0.1) is 11.3 Å². The summed E-state index contributed by atoms with van der Waals surface area (Å²) < 4.78 is 1.15. The Morgan fingerprint density at radius 3 is 2.79 bits per heavy atom. The molecule has 14 heavy (non-hydrogen) atoms. The molecule has 2 aromatic rings. The summed E-state index contributed by atoms with van der Waals surface area (Å²) in [6.07, 6.45) is 0. The number of nitrogens with one attached hydrogen (secondary N) is 1. The Balaban J connectivity index is 2.62. The third kappa shape index (κ3) is 1.53. The molecule has 0 saturated heterocycles. The molecule has 2 N–H and O–H groups in total. The fourth-order valence-corrected chi connectivity index (χ4v) is 2.96. The fraction of sp³-hybridized carbons (Fsp3) is 0.200. The van der Waals surface area contributed by atoms with Crippen molar-refractivity contribution >= 4 is 33.0 Å². The Morgan fingerprint density at radius 2 is 2.14 bits per heavy atom. The second-order valence-electron chi connectivity index (χ2n) is 3.13. The van der Waals surface area contributed by atoms with Gasteiger partial charge >= 0.3 is 0 Å². The lowest BCUT2D eigenvalue weighted by atomic mass is 10.2. The molecule has 1 heterocycles. The molecule has 0 spiro atoms. The zero-order valence-corrected chi connectivity index (χ0v) is 9.19. The van der Waals surface area contributed by atoms with Gasteiger partial charge in [-0.05, 0) is 13.0 Å². The molecule has 0 aliphatic heterocycles. The second-order valence-corrected chi connectivity index (χ2v) is 4.59. The first-order chi connectivity index (χ1) is 6.74. The Hall–Kier alpha value is -0.610. The summed E-state index contributed by atoms with van der Waals surface area (Å²) >= 11 is 7.79. The maximum atomic E-state index is 8.84. The van der Waals surface area contributed by atoms with E-state index >= 15 is 0 Å². The van der Waals surface area contributed by atoms with Crippen LogP contribution >= 0.6 is 22.9 Å². The van der Waals surface area contributed by atoms with E-state index in [1.54, 1.807) is 11.3 Å². The van der Waals surface area contributed by atoms with E-state index in [0.717, 1.165) is 20.0 Å². The highest BCUT2D eigenvalue weighted by atomic mass is 35.5. The molecule has 1 aromatic carbocycles. The van der Waals surface area contributed by atoms with Crippen LogP contribution in [0.3, 0.4) is 0 Å². The van der Waals surface area contributed by atoms with Crippen LogP contribution in [0.5, 0.6) is 0 Å². The Kier molecular flexibility index (Phi) is 2.74. The summed E-state index contributed by atoms with van der Waals surface area (Å²) in [6.45, 7) is 1.87. The van der Waals surface area contributed by atoms with Crippen molar-refractivity contribution in [2.75, 3.05) is 0 Å². The Bertz CT molecular complexity index is 454. The third-order valence-corrected chi connectivity index (χ3v) is 4.02. The molecule has 0 amide bonds. The molecule has 0 aliphatic rings. The van der Waals surface area contributed by atoms with E-state index in [1.807, 2.05) is 31.2 Å². The highest BCUT2D eigenvalue weighted by Gasteiger charge is 2.14. The molecule has 4 heteroatoms. The van der Waals surface area contributed by atoms with Crippen molar-refractivity contribution in [1.29, 1.82) is 0 Å². The maximum Gasteiger partial charge on any atom is 0.0649 e. The van der Waals surface area contributed by atoms with Gasteiger partial charge in [0.05, 0.1) is 11.1 Å². The highest BCUT2D eigenvalue weighted by molar-refractivity contribution is 7.19. The molecule has 2 nitrogen and oxygen atoms in total. The van der Waals surface area contributed by atoms with E-state index in [0.29, 0.717) is 0 Å². The lowest BCUT2D eigenvalue weighted by molar-refractivity contribution is 0.135. The number of halogens is 1. The Labute approximate surface area is 91.1 Å². The zero-order chi connectivity index (χ0) is 10.1. The predicted octanol–water partition coefficient (Wildman–Crippen LogP) is 3.59. The minimum atomic E-state index is -0.125. The molecule has 0 radical (unpaired) electrons. The minimum Gasteiger partial charge on any atom is -0.316 e. The lowest BCUT2D eigenvalue weighted by Gasteiger charge is -2.05. The van der Waals surface area contributed by atoms with Crippen LogP contribution in [0.25, 0.3) is 10.1 Å². The van der Waals surface area contributed by atoms with Gasteiger partial charge in [0.15, 0.2) is 0 Å². The van der Waals surface area contributed by atoms with Gasteiger partial charge in [-0.3, -0.25) is 0 Å². The average molecular weight is 228 g/mol. The molecule has 0 fully saturated rings. The summed E-state index contributed by atoms with van der Waals surface area (Å²) in [7, 11) is 0. The fourth-order valence-electron chi connectivity index (χ4n) is 1.37. The van der Waals surface area contributed by atoms with E-state index in [-0.39, 0.29) is 6.04 Å². The van der Waals surface area contributed by atoms with Crippen LogP contribution in [-0.2, 0) is 0 Å². The molecule has 2 rings (SSSR count). The summed E-state index contributed by atoms with van der Waals surface area (Å²) in [5.41, 5.74) is 2.21. The van der Waals surface area contributed by atoms with Crippen molar-refractivity contribution in [3.05, 3.63) is 34.2 Å². The van der Waals surface area contributed by atoms with Gasteiger partial charge in [-0.25, -0.2) is 0 Å². The number of fused-ring (bicyclic) bond motifs is 1. The number of rotatable bonds is 2. The van der Waals surface area contributed by atoms with Gasteiger partial charge < -0.3 is 5.21 Å². The van der Waals surface area contributed by atoms with E-state index in [9.17, 15) is 0 Å². The van der Waals surface area contributed by atoms with Crippen LogP contribution < -0.4 is 5.48 Å². The van der Waals surface area contributed by atoms with Gasteiger partial charge in [0.25, 0.3) is 0 Å². The number of hydroxylamine groups is 1. The van der Waals surface area contributed by atoms with Crippen molar-refractivity contribution in [1.82, 2.24) is 5.48 Å². The standard InChI is InChI=1S/C10H10ClNOS/c1-6(12-13)10-9(11)7-4-2-3-5-8(7)14-10/h2-6,12-13H,1H3. The second kappa shape index (κ2) is 3.87. The lowest BCUT2D eigenvalue weighted by Crippen LogP contribution is -2.11. The van der Waals surface area contributed by atoms with Gasteiger partial charge in [-0.1, -0.05) is 29.8 Å². The number of benzene rings is 1. The topological polar surface area (TPSA) is 32.3 Å². The van der Waals surface area contributed by atoms with Crippen molar-refractivity contribution < 1.29 is 5.21 Å². The number of hydrogen-bond acceptors (Lipinski definition) is 3. The molecule has 1 atom stereocenters. The van der Waals surface area contributed by atoms with Gasteiger partial charge in [0.2, 0.25) is 0 Å². The quantitative estimate of drug-likeness (QED) is 0.769. The molecule has 1 aromatic heterocycles. The van der Waals surface area contributed by atoms with Crippen molar-refractivity contribution in [2.24, 2.45) is 0 Å². The first-order valence-electron chi connectivity index (χ1n) is 4.30. The molecular weight excluding hydrogens is 218 g/mol. The average Bonchev–Trinajstić information content (AvgIpc) is 2.56. The number of hydrogen-bond donors (Lipinski definition) is 2. The summed E-state index contributed by atoms with van der Waals surface area (Å²) in [5, 5.41) is 10.6. The van der Waals surface area contributed by atoms with Crippen molar-refractivity contribution in [2.45, 2.75) is 13.0 Å². The molecular formula is C10H10ClNOS. The minimum absolute atomic E-state index is 0.125. The smallest absolute Gasteiger partial charge is 0.0649 e. The largest absolute Gasteiger partial charge is 0.316 e. The molecule has 1 unspecified atom stereocenters. The van der Waals surface area contributed by atoms with Crippen LogP contribution in [0, 0.1) is 0 Å². The normalized spacial score (nSPS) is 13.4. The first kappa shape index (κ1) is 9.93. The molecule has 0 bridgehead atoms. The predicted molar refractivity (Wildman–Crippen MR) is 60.2 cm³/mol. The van der Waals surface area contributed by atoms with E-state index in [2.05, 4.69) is 5.48 Å². The molecule has 0 saturated carbocycles. The van der Waals surface area contributed by atoms with Crippen LogP contribution in [0.4, 0.5) is 0 Å². The third-order valence-electron chi connectivity index (χ3n) is 2.15. The molecule has 74 valence electrons. The van der Waals surface area contributed by atoms with Crippen molar-refractivity contribution in [3.63, 3.8) is 0 Å². The highest BCUT2D eigenvalue weighted by Crippen LogP contribution is 2.38. The Morgan fingerprint density at radius 1 is 1.43 bits per heavy atom. The summed E-state index contributed by atoms with van der Waals surface area (Å²) in [6, 6.07) is 7.83. The monoisotopic (exact) mass is 227 g/mol. The SMILES string of the molecule is CC(NO)c1sc2ccccc2c1Cl. The van der Waals surface area contributed by atoms with E-state index < -0.39 is 0 Å². The van der Waals surface area contributed by atoms with Crippen LogP contribution in [0.1, 0.15) is 17.8 Å². The van der Waals surface area contributed by atoms with Crippen LogP contribution in [0.15, 0.2) is 24.3 Å². The van der Waals surface area contributed by atoms with E-state index in [1.165, 1.54) is 0 Å². The summed E-state index contributed by atoms with van der Waals surface area (Å²) in [5.74, 6) is 0. The zero-order valence-electron chi connectivity index (χ0n) is 7.62. The maximum absolute atomic E-state index is 8.84. The van der Waals surface area contributed by atoms with E-state index in [4.69, 9.17) is 16.8 Å². The van der Waals surface area contributed by atoms with Crippen LogP contribution in [0.2, 0.25) is 5.02 Å². The van der Waals surface area contributed by atoms with Gasteiger partial charge in [0, 0.05) is 15.0 Å². The summed E-state index contributed by atoms with van der Waals surface area (Å²) in [4.78, 5) is 0.968. The van der Waals surface area contributed by atoms with Gasteiger partial charge in [0.1, 0.15) is 0 Å². The van der Waals surface area contributed by atoms with Crippen molar-refractivity contribution in [3.8, 4) is 0 Å². The number of thiophene rings is 1. The van der Waals surface area contributed by atoms with Gasteiger partial charge in [-0.2, -0.15) is 5.48 Å². The molecule has 0 aliphatic carbocycles. The van der Waals surface area contributed by atoms with Crippen LogP contribution in [-0.4, -0.2) is 5.21 Å².